The van der Waals surface area contributed by atoms with Crippen LogP contribution < -0.4 is 10.1 Å². The maximum atomic E-state index is 12.4. The second-order valence-electron chi connectivity index (χ2n) is 5.12. The van der Waals surface area contributed by atoms with Crippen LogP contribution in [0.25, 0.3) is 0 Å². The summed E-state index contributed by atoms with van der Waals surface area (Å²) in [7, 11) is 1.61. The lowest BCUT2D eigenvalue weighted by atomic mass is 10.0. The van der Waals surface area contributed by atoms with Crippen LogP contribution in [0.4, 0.5) is 0 Å². The van der Waals surface area contributed by atoms with Gasteiger partial charge >= 0.3 is 0 Å². The first-order valence-electron chi connectivity index (χ1n) is 7.30. The van der Waals surface area contributed by atoms with E-state index < -0.39 is 0 Å². The van der Waals surface area contributed by atoms with Crippen LogP contribution in [0.5, 0.6) is 5.75 Å². The molecular weight excluding hydrogens is 270 g/mol. The molecule has 2 rings (SSSR count). The third kappa shape index (κ3) is 3.95. The summed E-state index contributed by atoms with van der Waals surface area (Å²) in [6, 6.07) is 5.44. The van der Waals surface area contributed by atoms with E-state index in [-0.39, 0.29) is 18.1 Å². The fourth-order valence-electron chi connectivity index (χ4n) is 2.52. The topological polar surface area (TPSA) is 56.8 Å². The van der Waals surface area contributed by atoms with Crippen molar-refractivity contribution in [3.8, 4) is 5.75 Å². The Morgan fingerprint density at radius 3 is 2.95 bits per heavy atom. The van der Waals surface area contributed by atoms with Crippen molar-refractivity contribution in [3.63, 3.8) is 0 Å². The van der Waals surface area contributed by atoms with Crippen molar-refractivity contribution >= 4 is 5.91 Å². The molecule has 21 heavy (non-hydrogen) atoms. The van der Waals surface area contributed by atoms with Gasteiger partial charge in [0.15, 0.2) is 0 Å². The molecule has 0 radical (unpaired) electrons. The minimum atomic E-state index is -0.0775. The van der Waals surface area contributed by atoms with Gasteiger partial charge in [-0.3, -0.25) is 4.79 Å². The van der Waals surface area contributed by atoms with Gasteiger partial charge in [-0.05, 0) is 44.0 Å². The molecule has 1 saturated heterocycles. The van der Waals surface area contributed by atoms with Gasteiger partial charge in [-0.2, -0.15) is 0 Å². The molecule has 1 aromatic rings. The van der Waals surface area contributed by atoms with Gasteiger partial charge in [0.1, 0.15) is 11.9 Å². The van der Waals surface area contributed by atoms with Crippen LogP contribution in [-0.2, 0) is 9.47 Å². The van der Waals surface area contributed by atoms with Gasteiger partial charge in [-0.15, -0.1) is 0 Å². The van der Waals surface area contributed by atoms with Crippen LogP contribution >= 0.6 is 0 Å². The molecule has 1 fully saturated rings. The van der Waals surface area contributed by atoms with Crippen LogP contribution in [0.2, 0.25) is 0 Å². The molecule has 1 heterocycles. The van der Waals surface area contributed by atoms with E-state index in [1.807, 2.05) is 19.9 Å². The predicted octanol–water partition coefficient (Wildman–Crippen LogP) is 1.93. The summed E-state index contributed by atoms with van der Waals surface area (Å²) >= 11 is 0. The van der Waals surface area contributed by atoms with E-state index in [9.17, 15) is 4.79 Å². The van der Waals surface area contributed by atoms with Crippen LogP contribution in [0.3, 0.4) is 0 Å². The lowest BCUT2D eigenvalue weighted by Gasteiger charge is -2.32. The molecule has 116 valence electrons. The number of amides is 1. The molecule has 0 bridgehead atoms. The van der Waals surface area contributed by atoms with Gasteiger partial charge in [0.2, 0.25) is 0 Å². The molecule has 0 aliphatic carbocycles. The van der Waals surface area contributed by atoms with Crippen molar-refractivity contribution in [2.75, 3.05) is 26.9 Å². The van der Waals surface area contributed by atoms with Gasteiger partial charge in [0.05, 0.1) is 19.8 Å². The van der Waals surface area contributed by atoms with Crippen molar-refractivity contribution in [2.24, 2.45) is 0 Å². The smallest absolute Gasteiger partial charge is 0.251 e. The highest BCUT2D eigenvalue weighted by atomic mass is 16.5. The Kier molecular flexibility index (Phi) is 5.59. The number of hydrogen-bond donors (Lipinski definition) is 1. The highest BCUT2D eigenvalue weighted by molar-refractivity contribution is 5.96. The average molecular weight is 293 g/mol. The second-order valence-corrected chi connectivity index (χ2v) is 5.12. The standard InChI is InChI=1S/C16H23NO4/c1-4-21-15-10-20-8-7-14(15)17-16(18)13-6-5-12(19-3)9-11(13)2/h5-6,9,14-15H,4,7-8,10H2,1-3H3,(H,17,18)/t14-,15-/m1/s1. The zero-order valence-corrected chi connectivity index (χ0v) is 12.8. The van der Waals surface area contributed by atoms with Gasteiger partial charge in [0, 0.05) is 18.8 Å². The summed E-state index contributed by atoms with van der Waals surface area (Å²) in [6.07, 6.45) is 0.692. The zero-order chi connectivity index (χ0) is 15.2. The van der Waals surface area contributed by atoms with Gasteiger partial charge in [-0.25, -0.2) is 0 Å². The molecule has 0 unspecified atom stereocenters. The number of aryl methyl sites for hydroxylation is 1. The van der Waals surface area contributed by atoms with Crippen LogP contribution in [0, 0.1) is 6.92 Å². The van der Waals surface area contributed by atoms with Gasteiger partial charge in [-0.1, -0.05) is 0 Å². The zero-order valence-electron chi connectivity index (χ0n) is 12.8. The minimum Gasteiger partial charge on any atom is -0.497 e. The Morgan fingerprint density at radius 2 is 2.29 bits per heavy atom. The molecule has 0 aromatic heterocycles. The molecule has 5 nitrogen and oxygen atoms in total. The summed E-state index contributed by atoms with van der Waals surface area (Å²) in [6.45, 7) is 5.64. The lowest BCUT2D eigenvalue weighted by molar-refractivity contribution is -0.0632. The maximum absolute atomic E-state index is 12.4. The number of ether oxygens (including phenoxy) is 3. The van der Waals surface area contributed by atoms with Crippen molar-refractivity contribution in [2.45, 2.75) is 32.4 Å². The Balaban J connectivity index is 2.06. The summed E-state index contributed by atoms with van der Waals surface area (Å²) in [5.41, 5.74) is 1.56. The molecule has 1 aromatic carbocycles. The molecule has 5 heteroatoms. The Hall–Kier alpha value is -1.59. The number of nitrogens with one attached hydrogen (secondary N) is 1. The van der Waals surface area contributed by atoms with E-state index in [0.717, 1.165) is 17.7 Å². The number of methoxy groups -OCH3 is 1. The summed E-state index contributed by atoms with van der Waals surface area (Å²) < 4.78 is 16.2. The third-order valence-corrected chi connectivity index (χ3v) is 3.68. The number of carbonyl (C=O) groups excluding carboxylic acids is 1. The maximum Gasteiger partial charge on any atom is 0.251 e. The summed E-state index contributed by atoms with van der Waals surface area (Å²) in [5.74, 6) is 0.675. The van der Waals surface area contributed by atoms with E-state index in [1.165, 1.54) is 0 Å². The Morgan fingerprint density at radius 1 is 1.48 bits per heavy atom. The van der Waals surface area contributed by atoms with E-state index in [1.54, 1.807) is 19.2 Å². The molecule has 1 aliphatic rings. The number of hydrogen-bond acceptors (Lipinski definition) is 4. The van der Waals surface area contributed by atoms with Crippen LogP contribution in [0.1, 0.15) is 29.3 Å². The number of benzene rings is 1. The average Bonchev–Trinajstić information content (AvgIpc) is 2.49. The molecule has 0 spiro atoms. The van der Waals surface area contributed by atoms with Crippen molar-refractivity contribution in [1.29, 1.82) is 0 Å². The Bertz CT molecular complexity index is 487. The van der Waals surface area contributed by atoms with Crippen LogP contribution in [-0.4, -0.2) is 45.0 Å². The fraction of sp³-hybridized carbons (Fsp3) is 0.562. The van der Waals surface area contributed by atoms with E-state index in [0.29, 0.717) is 25.4 Å². The normalized spacial score (nSPS) is 21.9. The third-order valence-electron chi connectivity index (χ3n) is 3.68. The molecular formula is C16H23NO4. The first kappa shape index (κ1) is 15.8. The minimum absolute atomic E-state index is 0.00676. The summed E-state index contributed by atoms with van der Waals surface area (Å²) in [4.78, 5) is 12.4. The molecule has 1 N–H and O–H groups in total. The summed E-state index contributed by atoms with van der Waals surface area (Å²) in [5, 5.41) is 3.06. The molecule has 1 aliphatic heterocycles. The second kappa shape index (κ2) is 7.43. The molecule has 0 saturated carbocycles. The Labute approximate surface area is 125 Å². The number of carbonyl (C=O) groups is 1. The van der Waals surface area contributed by atoms with E-state index >= 15 is 0 Å². The fourth-order valence-corrected chi connectivity index (χ4v) is 2.52. The van der Waals surface area contributed by atoms with Crippen molar-refractivity contribution in [1.82, 2.24) is 5.32 Å². The molecule has 1 amide bonds. The largest absolute Gasteiger partial charge is 0.497 e. The quantitative estimate of drug-likeness (QED) is 0.901. The first-order valence-corrected chi connectivity index (χ1v) is 7.30. The van der Waals surface area contributed by atoms with Crippen molar-refractivity contribution < 1.29 is 19.0 Å². The van der Waals surface area contributed by atoms with Crippen molar-refractivity contribution in [3.05, 3.63) is 29.3 Å². The number of rotatable bonds is 5. The van der Waals surface area contributed by atoms with Crippen LogP contribution in [0.15, 0.2) is 18.2 Å². The highest BCUT2D eigenvalue weighted by Gasteiger charge is 2.28. The van der Waals surface area contributed by atoms with Gasteiger partial charge < -0.3 is 19.5 Å². The SMILES string of the molecule is CCO[C@@H]1COCC[C@H]1NC(=O)c1ccc(OC)cc1C. The highest BCUT2D eigenvalue weighted by Crippen LogP contribution is 2.18. The first-order chi connectivity index (χ1) is 10.2. The van der Waals surface area contributed by atoms with E-state index in [4.69, 9.17) is 14.2 Å². The monoisotopic (exact) mass is 293 g/mol. The predicted molar refractivity (Wildman–Crippen MR) is 79.8 cm³/mol. The van der Waals surface area contributed by atoms with E-state index in [2.05, 4.69) is 5.32 Å². The molecule has 2 atom stereocenters. The lowest BCUT2D eigenvalue weighted by Crippen LogP contribution is -2.50. The van der Waals surface area contributed by atoms with Gasteiger partial charge in [0.25, 0.3) is 5.91 Å².